The minimum atomic E-state index is -0.780. The Hall–Kier alpha value is -2.63. The van der Waals surface area contributed by atoms with Crippen LogP contribution in [0.25, 0.3) is 0 Å². The average Bonchev–Trinajstić information content (AvgIpc) is 3.38. The first-order chi connectivity index (χ1) is 35.5. The predicted octanol–water partition coefficient (Wildman–Crippen LogP) is 21.4. The highest BCUT2D eigenvalue weighted by molar-refractivity contribution is 5.71. The first-order valence-corrected chi connectivity index (χ1v) is 31.6. The van der Waals surface area contributed by atoms with E-state index in [0.29, 0.717) is 19.3 Å². The molecule has 72 heavy (non-hydrogen) atoms. The van der Waals surface area contributed by atoms with Gasteiger partial charge in [0.25, 0.3) is 0 Å². The molecule has 0 amide bonds. The van der Waals surface area contributed by atoms with E-state index in [-0.39, 0.29) is 31.1 Å². The SMILES string of the molecule is CCC/C=C\C/C=C\CCCCCCCC(=O)OCC(COC(=O)CCCCCCCCCCCCCCCCCCCCCCCC)OC(=O)CCCCCCCCCCC/C=C\C/C=C\CCCCC. The highest BCUT2D eigenvalue weighted by Crippen LogP contribution is 2.17. The first-order valence-electron chi connectivity index (χ1n) is 31.6. The normalized spacial score (nSPS) is 12.3. The smallest absolute Gasteiger partial charge is 0.306 e. The molecule has 0 aliphatic heterocycles. The molecule has 0 rings (SSSR count). The number of carbonyl (C=O) groups excluding carboxylic acids is 3. The summed E-state index contributed by atoms with van der Waals surface area (Å²) in [5.41, 5.74) is 0. The van der Waals surface area contributed by atoms with Crippen LogP contribution in [0.1, 0.15) is 335 Å². The fraction of sp³-hybridized carbons (Fsp3) is 0.833. The van der Waals surface area contributed by atoms with Gasteiger partial charge >= 0.3 is 17.9 Å². The fourth-order valence-corrected chi connectivity index (χ4v) is 9.28. The van der Waals surface area contributed by atoms with Crippen LogP contribution in [-0.4, -0.2) is 37.2 Å². The van der Waals surface area contributed by atoms with Crippen LogP contribution in [0.15, 0.2) is 48.6 Å². The van der Waals surface area contributed by atoms with Crippen LogP contribution in [0.3, 0.4) is 0 Å². The molecule has 1 atom stereocenters. The Morgan fingerprint density at radius 2 is 0.528 bits per heavy atom. The van der Waals surface area contributed by atoms with Crippen molar-refractivity contribution in [2.24, 2.45) is 0 Å². The Bertz CT molecular complexity index is 1250. The van der Waals surface area contributed by atoms with Crippen molar-refractivity contribution in [3.8, 4) is 0 Å². The molecule has 6 heteroatoms. The van der Waals surface area contributed by atoms with Crippen molar-refractivity contribution in [1.82, 2.24) is 0 Å². The van der Waals surface area contributed by atoms with Gasteiger partial charge in [0.1, 0.15) is 13.2 Å². The molecule has 0 aliphatic rings. The van der Waals surface area contributed by atoms with Crippen molar-refractivity contribution in [3.05, 3.63) is 48.6 Å². The summed E-state index contributed by atoms with van der Waals surface area (Å²) in [7, 11) is 0. The lowest BCUT2D eigenvalue weighted by molar-refractivity contribution is -0.167. The Morgan fingerprint density at radius 1 is 0.278 bits per heavy atom. The molecule has 0 aliphatic carbocycles. The van der Waals surface area contributed by atoms with Gasteiger partial charge in [-0.05, 0) is 77.0 Å². The largest absolute Gasteiger partial charge is 0.462 e. The lowest BCUT2D eigenvalue weighted by atomic mass is 10.0. The third kappa shape index (κ3) is 58.3. The molecular formula is C66H120O6. The van der Waals surface area contributed by atoms with E-state index in [1.54, 1.807) is 0 Å². The minimum Gasteiger partial charge on any atom is -0.462 e. The van der Waals surface area contributed by atoms with Gasteiger partial charge in [-0.25, -0.2) is 0 Å². The Kier molecular flexibility index (Phi) is 58.7. The van der Waals surface area contributed by atoms with Crippen molar-refractivity contribution < 1.29 is 28.6 Å². The number of allylic oxidation sites excluding steroid dienone is 8. The van der Waals surface area contributed by atoms with E-state index in [0.717, 1.165) is 89.9 Å². The van der Waals surface area contributed by atoms with Gasteiger partial charge < -0.3 is 14.2 Å². The van der Waals surface area contributed by atoms with Gasteiger partial charge in [0, 0.05) is 19.3 Å². The Labute approximate surface area is 448 Å². The maximum atomic E-state index is 12.9. The Morgan fingerprint density at radius 3 is 0.847 bits per heavy atom. The van der Waals surface area contributed by atoms with Gasteiger partial charge in [-0.3, -0.25) is 14.4 Å². The quantitative estimate of drug-likeness (QED) is 0.0261. The van der Waals surface area contributed by atoms with E-state index in [4.69, 9.17) is 14.2 Å². The molecule has 0 aromatic rings. The molecule has 0 radical (unpaired) electrons. The van der Waals surface area contributed by atoms with Crippen molar-refractivity contribution >= 4 is 17.9 Å². The monoisotopic (exact) mass is 1010 g/mol. The molecule has 0 fully saturated rings. The highest BCUT2D eigenvalue weighted by atomic mass is 16.6. The van der Waals surface area contributed by atoms with Crippen LogP contribution in [0.4, 0.5) is 0 Å². The zero-order valence-electron chi connectivity index (χ0n) is 48.2. The number of hydrogen-bond donors (Lipinski definition) is 0. The summed E-state index contributed by atoms with van der Waals surface area (Å²) < 4.78 is 16.9. The van der Waals surface area contributed by atoms with E-state index in [1.165, 1.54) is 205 Å². The van der Waals surface area contributed by atoms with Gasteiger partial charge in [-0.15, -0.1) is 0 Å². The summed E-state index contributed by atoms with van der Waals surface area (Å²) in [5.74, 6) is -0.876. The fourth-order valence-electron chi connectivity index (χ4n) is 9.28. The van der Waals surface area contributed by atoms with E-state index < -0.39 is 6.10 Å². The second-order valence-corrected chi connectivity index (χ2v) is 21.3. The summed E-state index contributed by atoms with van der Waals surface area (Å²) in [4.78, 5) is 38.3. The summed E-state index contributed by atoms with van der Waals surface area (Å²) in [5, 5.41) is 0. The molecule has 6 nitrogen and oxygen atoms in total. The van der Waals surface area contributed by atoms with Crippen LogP contribution >= 0.6 is 0 Å². The molecule has 0 aromatic carbocycles. The second kappa shape index (κ2) is 60.9. The van der Waals surface area contributed by atoms with Gasteiger partial charge in [0.05, 0.1) is 0 Å². The van der Waals surface area contributed by atoms with Crippen molar-refractivity contribution in [3.63, 3.8) is 0 Å². The van der Waals surface area contributed by atoms with E-state index in [1.807, 2.05) is 0 Å². The molecule has 1 unspecified atom stereocenters. The maximum Gasteiger partial charge on any atom is 0.306 e. The van der Waals surface area contributed by atoms with Gasteiger partial charge in [0.15, 0.2) is 6.10 Å². The van der Waals surface area contributed by atoms with Crippen molar-refractivity contribution in [2.45, 2.75) is 341 Å². The van der Waals surface area contributed by atoms with Crippen LogP contribution in [-0.2, 0) is 28.6 Å². The number of unbranched alkanes of at least 4 members (excludes halogenated alkanes) is 39. The molecular weight excluding hydrogens is 889 g/mol. The third-order valence-corrected chi connectivity index (χ3v) is 14.0. The zero-order valence-corrected chi connectivity index (χ0v) is 48.2. The average molecular weight is 1010 g/mol. The second-order valence-electron chi connectivity index (χ2n) is 21.3. The topological polar surface area (TPSA) is 78.9 Å². The third-order valence-electron chi connectivity index (χ3n) is 14.0. The number of esters is 3. The highest BCUT2D eigenvalue weighted by Gasteiger charge is 2.19. The van der Waals surface area contributed by atoms with E-state index in [2.05, 4.69) is 69.4 Å². The lowest BCUT2D eigenvalue weighted by Crippen LogP contribution is -2.30. The molecule has 0 saturated carbocycles. The van der Waals surface area contributed by atoms with Crippen LogP contribution in [0.5, 0.6) is 0 Å². The molecule has 0 spiro atoms. The molecule has 0 bridgehead atoms. The summed E-state index contributed by atoms with van der Waals surface area (Å²) in [6, 6.07) is 0. The zero-order chi connectivity index (χ0) is 52.2. The molecule has 420 valence electrons. The van der Waals surface area contributed by atoms with Crippen LogP contribution < -0.4 is 0 Å². The lowest BCUT2D eigenvalue weighted by Gasteiger charge is -2.18. The Balaban J connectivity index is 4.29. The van der Waals surface area contributed by atoms with E-state index in [9.17, 15) is 14.4 Å². The summed E-state index contributed by atoms with van der Waals surface area (Å²) >= 11 is 0. The van der Waals surface area contributed by atoms with Gasteiger partial charge in [-0.2, -0.15) is 0 Å². The number of hydrogen-bond acceptors (Lipinski definition) is 6. The number of ether oxygens (including phenoxy) is 3. The van der Waals surface area contributed by atoms with Crippen molar-refractivity contribution in [2.75, 3.05) is 13.2 Å². The van der Waals surface area contributed by atoms with Crippen LogP contribution in [0.2, 0.25) is 0 Å². The first kappa shape index (κ1) is 69.4. The molecule has 0 heterocycles. The number of rotatable bonds is 58. The van der Waals surface area contributed by atoms with Crippen LogP contribution in [0, 0.1) is 0 Å². The number of carbonyl (C=O) groups is 3. The summed E-state index contributed by atoms with van der Waals surface area (Å²) in [6.07, 6.45) is 75.4. The standard InChI is InChI=1S/C66H120O6/c1-4-7-10-13-16-19-22-25-27-29-31-32-33-35-36-38-41-44-47-50-53-56-59-65(68)71-62-63(61-70-64(67)58-55-52-49-46-43-40-24-21-18-15-12-9-6-3)72-66(69)60-57-54-51-48-45-42-39-37-34-30-28-26-23-20-17-14-11-8-5-2/h12,15,17,20-21,24,26,28,63H,4-11,13-14,16,18-19,22-23,25,27,29-62H2,1-3H3/b15-12-,20-17-,24-21-,28-26-. The van der Waals surface area contributed by atoms with Crippen molar-refractivity contribution in [1.29, 1.82) is 0 Å². The molecule has 0 N–H and O–H groups in total. The predicted molar refractivity (Wildman–Crippen MR) is 312 cm³/mol. The summed E-state index contributed by atoms with van der Waals surface area (Å²) in [6.45, 7) is 6.59. The maximum absolute atomic E-state index is 12.9. The molecule has 0 saturated heterocycles. The van der Waals surface area contributed by atoms with E-state index >= 15 is 0 Å². The van der Waals surface area contributed by atoms with Gasteiger partial charge in [0.2, 0.25) is 0 Å². The minimum absolute atomic E-state index is 0.0759. The van der Waals surface area contributed by atoms with Gasteiger partial charge in [-0.1, -0.05) is 288 Å². The molecule has 0 aromatic heterocycles.